The van der Waals surface area contributed by atoms with Gasteiger partial charge in [-0.2, -0.15) is 0 Å². The van der Waals surface area contributed by atoms with E-state index in [1.165, 1.54) is 0 Å². The molecule has 31 heavy (non-hydrogen) atoms. The molecule has 3 aromatic rings. The maximum Gasteiger partial charge on any atom is 0.246 e. The Bertz CT molecular complexity index is 1090. The second-order valence-corrected chi connectivity index (χ2v) is 9.13. The lowest BCUT2D eigenvalue weighted by Gasteiger charge is -2.31. The number of hydrazine groups is 1. The van der Waals surface area contributed by atoms with Crippen LogP contribution in [0.2, 0.25) is 5.02 Å². The van der Waals surface area contributed by atoms with Crippen molar-refractivity contribution in [2.45, 2.75) is 18.1 Å². The van der Waals surface area contributed by atoms with Gasteiger partial charge in [-0.25, -0.2) is 10.9 Å². The zero-order valence-electron chi connectivity index (χ0n) is 16.8. The van der Waals surface area contributed by atoms with E-state index in [0.717, 1.165) is 27.0 Å². The molecule has 4 atom stereocenters. The summed E-state index contributed by atoms with van der Waals surface area (Å²) in [5.41, 5.74) is 9.66. The van der Waals surface area contributed by atoms with Crippen molar-refractivity contribution in [3.63, 3.8) is 0 Å². The van der Waals surface area contributed by atoms with E-state index in [-0.39, 0.29) is 30.0 Å². The van der Waals surface area contributed by atoms with Crippen molar-refractivity contribution in [1.82, 2.24) is 10.9 Å². The zero-order valence-corrected chi connectivity index (χ0v) is 19.1. The zero-order chi connectivity index (χ0) is 21.5. The van der Waals surface area contributed by atoms with Gasteiger partial charge in [-0.3, -0.25) is 4.79 Å². The Labute approximate surface area is 194 Å². The molecule has 0 radical (unpaired) electrons. The van der Waals surface area contributed by atoms with E-state index in [2.05, 4.69) is 38.9 Å². The minimum atomic E-state index is -0.337. The number of nitrogens with zero attached hydrogens (tertiary/aromatic N) is 1. The minimum Gasteiger partial charge on any atom is -0.497 e. The third-order valence-electron chi connectivity index (χ3n) is 6.10. The molecule has 0 bridgehead atoms. The maximum absolute atomic E-state index is 13.6. The second kappa shape index (κ2) is 8.28. The molecule has 7 heteroatoms. The fraction of sp³-hybridized carbons (Fsp3) is 0.208. The summed E-state index contributed by atoms with van der Waals surface area (Å²) in [7, 11) is 1.65. The Kier molecular flexibility index (Phi) is 5.48. The molecule has 2 fully saturated rings. The van der Waals surface area contributed by atoms with E-state index in [1.54, 1.807) is 7.11 Å². The first-order chi connectivity index (χ1) is 15.1. The highest BCUT2D eigenvalue weighted by Gasteiger charge is 2.55. The summed E-state index contributed by atoms with van der Waals surface area (Å²) >= 11 is 9.62. The van der Waals surface area contributed by atoms with Gasteiger partial charge in [-0.05, 0) is 59.7 Å². The second-order valence-electron chi connectivity index (χ2n) is 7.78. The van der Waals surface area contributed by atoms with Crippen LogP contribution in [-0.2, 0) is 4.79 Å². The van der Waals surface area contributed by atoms with Crippen LogP contribution in [0.25, 0.3) is 0 Å². The van der Waals surface area contributed by atoms with E-state index < -0.39 is 0 Å². The number of hydrogen-bond donors (Lipinski definition) is 2. The summed E-state index contributed by atoms with van der Waals surface area (Å²) in [5.74, 6) is 0.827. The van der Waals surface area contributed by atoms with Gasteiger partial charge < -0.3 is 9.64 Å². The van der Waals surface area contributed by atoms with E-state index >= 15 is 0 Å². The van der Waals surface area contributed by atoms with E-state index in [0.29, 0.717) is 5.02 Å². The normalized spacial score (nSPS) is 25.0. The smallest absolute Gasteiger partial charge is 0.246 e. The fourth-order valence-corrected chi connectivity index (χ4v) is 5.04. The molecule has 5 nitrogen and oxygen atoms in total. The Morgan fingerprint density at radius 2 is 1.48 bits per heavy atom. The molecular formula is C24H21BrClN3O2. The van der Waals surface area contributed by atoms with Crippen molar-refractivity contribution in [3.8, 4) is 5.75 Å². The SMILES string of the molecule is COc1ccc(C2C3C(NNC3c3ccc(Br)cc3)C(=O)N2c2ccc(Cl)cc2)cc1. The van der Waals surface area contributed by atoms with Crippen molar-refractivity contribution < 1.29 is 9.53 Å². The molecule has 2 aliphatic rings. The monoisotopic (exact) mass is 497 g/mol. The van der Waals surface area contributed by atoms with Crippen LogP contribution in [0.1, 0.15) is 23.2 Å². The number of nitrogens with one attached hydrogen (secondary N) is 2. The number of benzene rings is 3. The van der Waals surface area contributed by atoms with Crippen LogP contribution in [0, 0.1) is 5.92 Å². The van der Waals surface area contributed by atoms with Gasteiger partial charge in [0.1, 0.15) is 11.8 Å². The summed E-state index contributed by atoms with van der Waals surface area (Å²) in [4.78, 5) is 15.5. The van der Waals surface area contributed by atoms with Gasteiger partial charge in [0.2, 0.25) is 5.91 Å². The predicted octanol–water partition coefficient (Wildman–Crippen LogP) is 5.03. The molecule has 0 saturated carbocycles. The molecule has 2 saturated heterocycles. The Morgan fingerprint density at radius 3 is 2.13 bits per heavy atom. The molecule has 1 amide bonds. The third kappa shape index (κ3) is 3.64. The topological polar surface area (TPSA) is 53.6 Å². The molecule has 0 aliphatic carbocycles. The molecule has 4 unspecified atom stereocenters. The molecule has 3 aromatic carbocycles. The highest BCUT2D eigenvalue weighted by atomic mass is 79.9. The highest BCUT2D eigenvalue weighted by molar-refractivity contribution is 9.10. The predicted molar refractivity (Wildman–Crippen MR) is 125 cm³/mol. The number of carbonyl (C=O) groups is 1. The number of methoxy groups -OCH3 is 1. The highest BCUT2D eigenvalue weighted by Crippen LogP contribution is 2.49. The lowest BCUT2D eigenvalue weighted by Crippen LogP contribution is -2.41. The minimum absolute atomic E-state index is 0.00208. The summed E-state index contributed by atoms with van der Waals surface area (Å²) in [5, 5.41) is 0.643. The molecule has 2 heterocycles. The van der Waals surface area contributed by atoms with Crippen molar-refractivity contribution >= 4 is 39.1 Å². The van der Waals surface area contributed by atoms with E-state index in [9.17, 15) is 4.79 Å². The summed E-state index contributed by atoms with van der Waals surface area (Å²) in [6, 6.07) is 23.1. The molecule has 0 spiro atoms. The lowest BCUT2D eigenvalue weighted by atomic mass is 9.83. The number of hydrogen-bond acceptors (Lipinski definition) is 4. The number of rotatable bonds is 4. The van der Waals surface area contributed by atoms with Crippen LogP contribution in [0.4, 0.5) is 5.69 Å². The van der Waals surface area contributed by atoms with Gasteiger partial charge in [0.05, 0.1) is 19.2 Å². The standard InChI is InChI=1S/C24H21BrClN3O2/c1-31-19-12-4-15(5-13-19)23-20-21(14-2-6-16(25)7-3-14)27-28-22(20)24(30)29(23)18-10-8-17(26)9-11-18/h2-13,20-23,27-28H,1H3. The number of amides is 1. The van der Waals surface area contributed by atoms with Crippen molar-refractivity contribution in [1.29, 1.82) is 0 Å². The molecule has 2 aliphatic heterocycles. The fourth-order valence-electron chi connectivity index (χ4n) is 4.65. The van der Waals surface area contributed by atoms with Gasteiger partial charge in [0.25, 0.3) is 0 Å². The van der Waals surface area contributed by atoms with Crippen LogP contribution in [0.5, 0.6) is 5.75 Å². The van der Waals surface area contributed by atoms with Gasteiger partial charge in [0, 0.05) is 21.1 Å². The molecule has 2 N–H and O–H groups in total. The lowest BCUT2D eigenvalue weighted by molar-refractivity contribution is -0.119. The maximum atomic E-state index is 13.6. The quantitative estimate of drug-likeness (QED) is 0.530. The van der Waals surface area contributed by atoms with E-state index in [1.807, 2.05) is 65.6 Å². The number of carbonyl (C=O) groups excluding carboxylic acids is 1. The van der Waals surface area contributed by atoms with Gasteiger partial charge in [-0.15, -0.1) is 0 Å². The molecule has 158 valence electrons. The van der Waals surface area contributed by atoms with E-state index in [4.69, 9.17) is 16.3 Å². The number of fused-ring (bicyclic) bond motifs is 1. The summed E-state index contributed by atoms with van der Waals surface area (Å²) in [6.45, 7) is 0. The summed E-state index contributed by atoms with van der Waals surface area (Å²) in [6.07, 6.45) is 0. The van der Waals surface area contributed by atoms with Crippen molar-refractivity contribution in [2.75, 3.05) is 12.0 Å². The van der Waals surface area contributed by atoms with Crippen molar-refractivity contribution in [2.24, 2.45) is 5.92 Å². The van der Waals surface area contributed by atoms with Gasteiger partial charge in [-0.1, -0.05) is 51.8 Å². The Morgan fingerprint density at radius 1 is 0.871 bits per heavy atom. The van der Waals surface area contributed by atoms with Crippen LogP contribution >= 0.6 is 27.5 Å². The average molecular weight is 499 g/mol. The first-order valence-corrected chi connectivity index (χ1v) is 11.2. The first-order valence-electron chi connectivity index (χ1n) is 10.1. The summed E-state index contributed by atoms with van der Waals surface area (Å²) < 4.78 is 6.37. The number of anilines is 1. The van der Waals surface area contributed by atoms with Crippen molar-refractivity contribution in [3.05, 3.63) is 93.4 Å². The molecule has 5 rings (SSSR count). The van der Waals surface area contributed by atoms with Crippen LogP contribution in [0.3, 0.4) is 0 Å². The molecule has 0 aromatic heterocycles. The van der Waals surface area contributed by atoms with Gasteiger partial charge in [0.15, 0.2) is 0 Å². The Balaban J connectivity index is 1.61. The average Bonchev–Trinajstić information content (AvgIpc) is 3.34. The van der Waals surface area contributed by atoms with Crippen LogP contribution in [-0.4, -0.2) is 19.1 Å². The number of ether oxygens (including phenoxy) is 1. The van der Waals surface area contributed by atoms with Crippen LogP contribution < -0.4 is 20.5 Å². The number of halogens is 2. The Hall–Kier alpha value is -2.38. The van der Waals surface area contributed by atoms with Gasteiger partial charge >= 0.3 is 0 Å². The third-order valence-corrected chi connectivity index (χ3v) is 6.88. The molecular weight excluding hydrogens is 478 g/mol. The largest absolute Gasteiger partial charge is 0.497 e. The van der Waals surface area contributed by atoms with Crippen LogP contribution in [0.15, 0.2) is 77.3 Å². The first kappa shape index (κ1) is 20.5.